The number of aromatic nitrogens is 2. The van der Waals surface area contributed by atoms with Gasteiger partial charge in [-0.15, -0.1) is 0 Å². The fourth-order valence-corrected chi connectivity index (χ4v) is 4.04. The fourth-order valence-electron chi connectivity index (χ4n) is 3.46. The van der Waals surface area contributed by atoms with Gasteiger partial charge in [0, 0.05) is 11.3 Å². The molecule has 1 amide bonds. The maximum Gasteiger partial charge on any atom is 0.255 e. The summed E-state index contributed by atoms with van der Waals surface area (Å²) in [5, 5.41) is 6.17. The van der Waals surface area contributed by atoms with Crippen LogP contribution in [0.4, 0.5) is 5.69 Å². The van der Waals surface area contributed by atoms with Crippen molar-refractivity contribution in [2.24, 2.45) is 0 Å². The van der Waals surface area contributed by atoms with Crippen molar-refractivity contribution in [1.29, 1.82) is 0 Å². The molecule has 1 heterocycles. The predicted molar refractivity (Wildman–Crippen MR) is 123 cm³/mol. The van der Waals surface area contributed by atoms with Crippen LogP contribution in [0.3, 0.4) is 0 Å². The Morgan fingerprint density at radius 3 is 2.40 bits per heavy atom. The van der Waals surface area contributed by atoms with Gasteiger partial charge in [-0.1, -0.05) is 59.6 Å². The molecule has 0 aliphatic carbocycles. The second kappa shape index (κ2) is 7.48. The van der Waals surface area contributed by atoms with Crippen LogP contribution >= 0.6 is 23.2 Å². The molecule has 146 valence electrons. The summed E-state index contributed by atoms with van der Waals surface area (Å²) in [7, 11) is 0. The number of hydrogen-bond donors (Lipinski definition) is 2. The van der Waals surface area contributed by atoms with Crippen LogP contribution in [0.2, 0.25) is 10.0 Å². The van der Waals surface area contributed by atoms with Crippen molar-refractivity contribution in [3.05, 3.63) is 94.5 Å². The number of H-pyrrole nitrogens is 1. The van der Waals surface area contributed by atoms with Gasteiger partial charge in [0.05, 0.1) is 26.6 Å². The van der Waals surface area contributed by atoms with E-state index in [4.69, 9.17) is 23.2 Å². The van der Waals surface area contributed by atoms with E-state index >= 15 is 0 Å². The summed E-state index contributed by atoms with van der Waals surface area (Å²) >= 11 is 12.6. The molecule has 30 heavy (non-hydrogen) atoms. The number of nitrogens with one attached hydrogen (secondary N) is 2. The number of aromatic amines is 1. The Hall–Kier alpha value is -3.34. The quantitative estimate of drug-likeness (QED) is 0.324. The smallest absolute Gasteiger partial charge is 0.255 e. The average Bonchev–Trinajstić information content (AvgIpc) is 3.16. The molecular weight excluding hydrogens is 417 g/mol. The van der Waals surface area contributed by atoms with Crippen molar-refractivity contribution in [3.8, 4) is 11.4 Å². The number of hydrogen-bond acceptors (Lipinski definition) is 2. The lowest BCUT2D eigenvalue weighted by Gasteiger charge is -2.07. The number of rotatable bonds is 3. The number of halogens is 2. The molecule has 1 aromatic heterocycles. The predicted octanol–water partition coefficient (Wildman–Crippen LogP) is 6.94. The third-order valence-electron chi connectivity index (χ3n) is 4.95. The molecule has 0 saturated heterocycles. The molecular formula is C24H15Cl2N3O. The van der Waals surface area contributed by atoms with Crippen LogP contribution in [-0.4, -0.2) is 15.9 Å². The fraction of sp³-hybridized carbons (Fsp3) is 0. The lowest BCUT2D eigenvalue weighted by Crippen LogP contribution is -2.11. The molecule has 0 unspecified atom stereocenters. The third kappa shape index (κ3) is 3.41. The molecule has 0 fully saturated rings. The second-order valence-electron chi connectivity index (χ2n) is 6.93. The average molecular weight is 432 g/mol. The lowest BCUT2D eigenvalue weighted by atomic mass is 10.1. The molecule has 0 aliphatic rings. The first-order chi connectivity index (χ1) is 14.6. The minimum absolute atomic E-state index is 0.195. The number of benzene rings is 4. The van der Waals surface area contributed by atoms with Gasteiger partial charge in [-0.25, -0.2) is 4.98 Å². The molecule has 0 aliphatic heterocycles. The van der Waals surface area contributed by atoms with Gasteiger partial charge >= 0.3 is 0 Å². The minimum atomic E-state index is -0.195. The number of nitrogens with zero attached hydrogens (tertiary/aromatic N) is 1. The SMILES string of the molecule is O=C(Nc1ccc2ccccc2c1)c1ccc2nc(-c3c(Cl)cccc3Cl)[nH]c2c1. The summed E-state index contributed by atoms with van der Waals surface area (Å²) in [6.07, 6.45) is 0. The molecule has 5 aromatic rings. The summed E-state index contributed by atoms with van der Waals surface area (Å²) in [6.45, 7) is 0. The molecule has 2 N–H and O–H groups in total. The van der Waals surface area contributed by atoms with Crippen molar-refractivity contribution >= 4 is 56.6 Å². The Kier molecular flexibility index (Phi) is 4.66. The van der Waals surface area contributed by atoms with Gasteiger partial charge in [-0.3, -0.25) is 4.79 Å². The molecule has 0 atom stereocenters. The van der Waals surface area contributed by atoms with Crippen LogP contribution in [0, 0.1) is 0 Å². The molecule has 0 saturated carbocycles. The zero-order valence-electron chi connectivity index (χ0n) is 15.6. The first kappa shape index (κ1) is 18.7. The Balaban J connectivity index is 1.46. The number of fused-ring (bicyclic) bond motifs is 2. The summed E-state index contributed by atoms with van der Waals surface area (Å²) in [4.78, 5) is 20.6. The highest BCUT2D eigenvalue weighted by molar-refractivity contribution is 6.39. The van der Waals surface area contributed by atoms with Gasteiger partial charge in [0.1, 0.15) is 5.82 Å². The Morgan fingerprint density at radius 2 is 1.60 bits per heavy atom. The first-order valence-electron chi connectivity index (χ1n) is 9.33. The normalized spacial score (nSPS) is 11.1. The largest absolute Gasteiger partial charge is 0.338 e. The third-order valence-corrected chi connectivity index (χ3v) is 5.58. The Labute approximate surface area is 182 Å². The molecule has 4 aromatic carbocycles. The number of imidazole rings is 1. The van der Waals surface area contributed by atoms with Gasteiger partial charge in [-0.2, -0.15) is 0 Å². The topological polar surface area (TPSA) is 57.8 Å². The van der Waals surface area contributed by atoms with Crippen molar-refractivity contribution in [2.45, 2.75) is 0 Å². The van der Waals surface area contributed by atoms with Crippen LogP contribution in [0.15, 0.2) is 78.9 Å². The number of anilines is 1. The van der Waals surface area contributed by atoms with E-state index in [9.17, 15) is 4.79 Å². The summed E-state index contributed by atoms with van der Waals surface area (Å²) in [6, 6.07) is 24.5. The van der Waals surface area contributed by atoms with E-state index in [2.05, 4.69) is 15.3 Å². The molecule has 0 spiro atoms. The van der Waals surface area contributed by atoms with Crippen molar-refractivity contribution in [3.63, 3.8) is 0 Å². The van der Waals surface area contributed by atoms with E-state index in [-0.39, 0.29) is 5.91 Å². The molecule has 6 heteroatoms. The van der Waals surface area contributed by atoms with E-state index < -0.39 is 0 Å². The van der Waals surface area contributed by atoms with E-state index in [0.717, 1.165) is 27.5 Å². The van der Waals surface area contributed by atoms with Crippen LogP contribution in [-0.2, 0) is 0 Å². The number of carbonyl (C=O) groups is 1. The summed E-state index contributed by atoms with van der Waals surface area (Å²) in [5.41, 5.74) is 3.36. The maximum atomic E-state index is 12.8. The molecule has 4 nitrogen and oxygen atoms in total. The molecule has 0 radical (unpaired) electrons. The highest BCUT2D eigenvalue weighted by atomic mass is 35.5. The van der Waals surface area contributed by atoms with Crippen LogP contribution in [0.1, 0.15) is 10.4 Å². The Bertz CT molecular complexity index is 1400. The van der Waals surface area contributed by atoms with Gasteiger partial charge in [-0.05, 0) is 53.2 Å². The highest BCUT2D eigenvalue weighted by Gasteiger charge is 2.14. The van der Waals surface area contributed by atoms with Gasteiger partial charge in [0.15, 0.2) is 0 Å². The maximum absolute atomic E-state index is 12.8. The first-order valence-corrected chi connectivity index (χ1v) is 10.1. The standard InChI is InChI=1S/C24H15Cl2N3O/c25-18-6-3-7-19(26)22(18)23-28-20-11-9-16(13-21(20)29-23)24(30)27-17-10-8-14-4-1-2-5-15(14)12-17/h1-13H,(H,27,30)(H,28,29). The minimum Gasteiger partial charge on any atom is -0.338 e. The van der Waals surface area contributed by atoms with Crippen molar-refractivity contribution < 1.29 is 4.79 Å². The van der Waals surface area contributed by atoms with Gasteiger partial charge in [0.2, 0.25) is 0 Å². The van der Waals surface area contributed by atoms with Gasteiger partial charge < -0.3 is 10.3 Å². The van der Waals surface area contributed by atoms with Crippen molar-refractivity contribution in [2.75, 3.05) is 5.32 Å². The highest BCUT2D eigenvalue weighted by Crippen LogP contribution is 2.34. The summed E-state index contributed by atoms with van der Waals surface area (Å²) in [5.74, 6) is 0.367. The van der Waals surface area contributed by atoms with E-state index in [1.165, 1.54) is 0 Å². The van der Waals surface area contributed by atoms with Crippen LogP contribution in [0.25, 0.3) is 33.2 Å². The molecule has 5 rings (SSSR count). The second-order valence-corrected chi connectivity index (χ2v) is 7.74. The zero-order valence-corrected chi connectivity index (χ0v) is 17.1. The number of carbonyl (C=O) groups excluding carboxylic acids is 1. The van der Waals surface area contributed by atoms with Crippen molar-refractivity contribution in [1.82, 2.24) is 9.97 Å². The van der Waals surface area contributed by atoms with E-state index in [1.54, 1.807) is 36.4 Å². The summed E-state index contributed by atoms with van der Waals surface area (Å²) < 4.78 is 0. The monoisotopic (exact) mass is 431 g/mol. The molecule has 0 bridgehead atoms. The Morgan fingerprint density at radius 1 is 0.833 bits per heavy atom. The number of amides is 1. The van der Waals surface area contributed by atoms with Gasteiger partial charge in [0.25, 0.3) is 5.91 Å². The van der Waals surface area contributed by atoms with E-state index in [0.29, 0.717) is 27.0 Å². The van der Waals surface area contributed by atoms with E-state index in [1.807, 2.05) is 42.5 Å². The van der Waals surface area contributed by atoms with Crippen LogP contribution < -0.4 is 5.32 Å². The lowest BCUT2D eigenvalue weighted by molar-refractivity contribution is 0.102. The van der Waals surface area contributed by atoms with Crippen LogP contribution in [0.5, 0.6) is 0 Å². The zero-order chi connectivity index (χ0) is 20.7.